The van der Waals surface area contributed by atoms with Crippen LogP contribution >= 0.6 is 11.6 Å². The highest BCUT2D eigenvalue weighted by molar-refractivity contribution is 6.17. The van der Waals surface area contributed by atoms with E-state index in [1.807, 2.05) is 0 Å². The van der Waals surface area contributed by atoms with Crippen molar-refractivity contribution < 1.29 is 0 Å². The maximum Gasteiger partial charge on any atom is 0.0841 e. The first-order chi connectivity index (χ1) is 10.3. The number of aromatic nitrogens is 2. The van der Waals surface area contributed by atoms with Gasteiger partial charge in [-0.15, -0.1) is 11.6 Å². The molecule has 1 atom stereocenters. The molecule has 0 radical (unpaired) electrons. The van der Waals surface area contributed by atoms with Crippen molar-refractivity contribution >= 4 is 22.5 Å². The Bertz CT molecular complexity index is 544. The second-order valence-electron chi connectivity index (χ2n) is 5.54. The molecule has 0 aliphatic carbocycles. The van der Waals surface area contributed by atoms with Gasteiger partial charge < -0.3 is 5.32 Å². The van der Waals surface area contributed by atoms with Gasteiger partial charge in [0.1, 0.15) is 0 Å². The number of hydrogen-bond acceptors (Lipinski definition) is 2. The lowest BCUT2D eigenvalue weighted by Gasteiger charge is -2.15. The molecule has 0 spiro atoms. The summed E-state index contributed by atoms with van der Waals surface area (Å²) >= 11 is 5.88. The first-order valence-electron chi connectivity index (χ1n) is 8.01. The summed E-state index contributed by atoms with van der Waals surface area (Å²) in [7, 11) is 0. The van der Waals surface area contributed by atoms with Crippen LogP contribution in [0.2, 0.25) is 0 Å². The zero-order chi connectivity index (χ0) is 15.1. The van der Waals surface area contributed by atoms with E-state index in [9.17, 15) is 0 Å². The van der Waals surface area contributed by atoms with Crippen molar-refractivity contribution in [1.82, 2.24) is 15.1 Å². The lowest BCUT2D eigenvalue weighted by atomic mass is 10.0. The Balaban J connectivity index is 2.00. The third-order valence-electron chi connectivity index (χ3n) is 3.97. The van der Waals surface area contributed by atoms with Crippen LogP contribution < -0.4 is 5.32 Å². The van der Waals surface area contributed by atoms with Gasteiger partial charge in [0.15, 0.2) is 0 Å². The normalized spacial score (nSPS) is 12.9. The monoisotopic (exact) mass is 307 g/mol. The fraction of sp³-hybridized carbons (Fsp3) is 0.588. The minimum atomic E-state index is 0.673. The molecule has 0 bridgehead atoms. The summed E-state index contributed by atoms with van der Waals surface area (Å²) in [4.78, 5) is 0. The van der Waals surface area contributed by atoms with E-state index in [2.05, 4.69) is 48.1 Å². The summed E-state index contributed by atoms with van der Waals surface area (Å²) in [6.07, 6.45) is 3.55. The zero-order valence-corrected chi connectivity index (χ0v) is 13.9. The van der Waals surface area contributed by atoms with Gasteiger partial charge in [-0.1, -0.05) is 31.5 Å². The van der Waals surface area contributed by atoms with Crippen LogP contribution in [0.4, 0.5) is 0 Å². The Kier molecular flexibility index (Phi) is 6.52. The van der Waals surface area contributed by atoms with E-state index in [-0.39, 0.29) is 0 Å². The fourth-order valence-electron chi connectivity index (χ4n) is 2.87. The number of halogens is 1. The maximum absolute atomic E-state index is 5.88. The number of fused-ring (bicyclic) bond motifs is 1. The van der Waals surface area contributed by atoms with Crippen molar-refractivity contribution in [3.8, 4) is 0 Å². The number of para-hydroxylation sites is 1. The van der Waals surface area contributed by atoms with Crippen LogP contribution in [0, 0.1) is 5.92 Å². The van der Waals surface area contributed by atoms with Crippen molar-refractivity contribution in [2.75, 3.05) is 12.4 Å². The van der Waals surface area contributed by atoms with Gasteiger partial charge in [-0.3, -0.25) is 4.68 Å². The van der Waals surface area contributed by atoms with Gasteiger partial charge in [0.25, 0.3) is 0 Å². The van der Waals surface area contributed by atoms with E-state index in [1.54, 1.807) is 0 Å². The highest BCUT2D eigenvalue weighted by Gasteiger charge is 2.10. The lowest BCUT2D eigenvalue weighted by Crippen LogP contribution is -2.23. The second-order valence-corrected chi connectivity index (χ2v) is 5.92. The molecule has 1 unspecified atom stereocenters. The summed E-state index contributed by atoms with van der Waals surface area (Å²) in [5.74, 6) is 1.42. The zero-order valence-electron chi connectivity index (χ0n) is 13.1. The Morgan fingerprint density at radius 3 is 2.76 bits per heavy atom. The SMILES string of the molecule is CCCC(CCCl)CNCc1nn(CC)c2ccccc12. The van der Waals surface area contributed by atoms with Gasteiger partial charge in [0, 0.05) is 24.4 Å². The minimum absolute atomic E-state index is 0.673. The van der Waals surface area contributed by atoms with E-state index in [0.29, 0.717) is 5.92 Å². The third kappa shape index (κ3) is 4.21. The summed E-state index contributed by atoms with van der Waals surface area (Å²) in [6.45, 7) is 7.13. The molecule has 0 amide bonds. The predicted octanol–water partition coefficient (Wildman–Crippen LogP) is 4.19. The number of aryl methyl sites for hydroxylation is 1. The second kappa shape index (κ2) is 8.40. The molecule has 2 rings (SSSR count). The standard InChI is InChI=1S/C17H26ClN3/c1-3-7-14(10-11-18)12-19-13-16-15-8-5-6-9-17(15)21(4-2)20-16/h5-6,8-9,14,19H,3-4,7,10-13H2,1-2H3. The fourth-order valence-corrected chi connectivity index (χ4v) is 3.18. The Morgan fingerprint density at radius 2 is 2.05 bits per heavy atom. The minimum Gasteiger partial charge on any atom is -0.311 e. The van der Waals surface area contributed by atoms with Crippen LogP contribution in [0.3, 0.4) is 0 Å². The topological polar surface area (TPSA) is 29.9 Å². The summed E-state index contributed by atoms with van der Waals surface area (Å²) in [5, 5.41) is 9.55. The summed E-state index contributed by atoms with van der Waals surface area (Å²) < 4.78 is 2.08. The average Bonchev–Trinajstić information content (AvgIpc) is 2.86. The number of nitrogens with zero attached hydrogens (tertiary/aromatic N) is 2. The molecule has 0 fully saturated rings. The van der Waals surface area contributed by atoms with Crippen LogP contribution in [0.1, 0.15) is 38.8 Å². The molecule has 0 saturated heterocycles. The Hall–Kier alpha value is -1.06. The molecule has 2 aromatic rings. The third-order valence-corrected chi connectivity index (χ3v) is 4.19. The van der Waals surface area contributed by atoms with Crippen LogP contribution in [-0.4, -0.2) is 22.2 Å². The molecular weight excluding hydrogens is 282 g/mol. The first-order valence-corrected chi connectivity index (χ1v) is 8.54. The largest absolute Gasteiger partial charge is 0.311 e. The summed E-state index contributed by atoms with van der Waals surface area (Å²) in [5.41, 5.74) is 2.37. The molecule has 21 heavy (non-hydrogen) atoms. The number of benzene rings is 1. The molecule has 116 valence electrons. The van der Waals surface area contributed by atoms with Crippen molar-refractivity contribution in [3.05, 3.63) is 30.0 Å². The van der Waals surface area contributed by atoms with E-state index >= 15 is 0 Å². The molecule has 1 aromatic heterocycles. The van der Waals surface area contributed by atoms with Gasteiger partial charge >= 0.3 is 0 Å². The van der Waals surface area contributed by atoms with Gasteiger partial charge in [-0.05, 0) is 38.3 Å². The van der Waals surface area contributed by atoms with Crippen molar-refractivity contribution in [2.45, 2.75) is 46.2 Å². The van der Waals surface area contributed by atoms with Crippen LogP contribution in [0.5, 0.6) is 0 Å². The van der Waals surface area contributed by atoms with Crippen molar-refractivity contribution in [3.63, 3.8) is 0 Å². The molecule has 0 saturated carbocycles. The molecule has 0 aliphatic heterocycles. The van der Waals surface area contributed by atoms with Crippen LogP contribution in [-0.2, 0) is 13.1 Å². The van der Waals surface area contributed by atoms with E-state index in [4.69, 9.17) is 16.7 Å². The van der Waals surface area contributed by atoms with Gasteiger partial charge in [-0.25, -0.2) is 0 Å². The summed E-state index contributed by atoms with van der Waals surface area (Å²) in [6, 6.07) is 8.46. The van der Waals surface area contributed by atoms with Gasteiger partial charge in [0.2, 0.25) is 0 Å². The quantitative estimate of drug-likeness (QED) is 0.704. The number of rotatable bonds is 9. The predicted molar refractivity (Wildman–Crippen MR) is 90.8 cm³/mol. The van der Waals surface area contributed by atoms with E-state index in [1.165, 1.54) is 23.7 Å². The average molecular weight is 308 g/mol. The number of alkyl halides is 1. The molecule has 1 heterocycles. The molecule has 1 N–H and O–H groups in total. The molecule has 1 aromatic carbocycles. The van der Waals surface area contributed by atoms with Gasteiger partial charge in [0.05, 0.1) is 11.2 Å². The molecule has 0 aliphatic rings. The molecule has 3 nitrogen and oxygen atoms in total. The Labute approximate surface area is 132 Å². The van der Waals surface area contributed by atoms with Crippen LogP contribution in [0.15, 0.2) is 24.3 Å². The highest BCUT2D eigenvalue weighted by atomic mass is 35.5. The first kappa shape index (κ1) is 16.3. The molecular formula is C17H26ClN3. The van der Waals surface area contributed by atoms with Crippen molar-refractivity contribution in [2.24, 2.45) is 5.92 Å². The number of hydrogen-bond donors (Lipinski definition) is 1. The number of nitrogens with one attached hydrogen (secondary N) is 1. The highest BCUT2D eigenvalue weighted by Crippen LogP contribution is 2.18. The molecule has 4 heteroatoms. The van der Waals surface area contributed by atoms with Crippen molar-refractivity contribution in [1.29, 1.82) is 0 Å². The lowest BCUT2D eigenvalue weighted by molar-refractivity contribution is 0.429. The van der Waals surface area contributed by atoms with E-state index < -0.39 is 0 Å². The van der Waals surface area contributed by atoms with Gasteiger partial charge in [-0.2, -0.15) is 5.10 Å². The smallest absolute Gasteiger partial charge is 0.0841 e. The Morgan fingerprint density at radius 1 is 1.24 bits per heavy atom. The van der Waals surface area contributed by atoms with Crippen LogP contribution in [0.25, 0.3) is 10.9 Å². The maximum atomic E-state index is 5.88. The van der Waals surface area contributed by atoms with E-state index in [0.717, 1.165) is 37.6 Å².